The Kier molecular flexibility index (Phi) is 5.31. The minimum atomic E-state index is -3.64. The highest BCUT2D eigenvalue weighted by atomic mass is 32.2. The lowest BCUT2D eigenvalue weighted by Gasteiger charge is -2.25. The zero-order chi connectivity index (χ0) is 14.5. The lowest BCUT2D eigenvalue weighted by atomic mass is 10.3. The molecule has 106 valence electrons. The number of para-hydroxylation sites is 1. The number of nitrogens with zero attached hydrogens (tertiary/aromatic N) is 1. The van der Waals surface area contributed by atoms with Crippen molar-refractivity contribution in [2.24, 2.45) is 5.73 Å². The molecule has 7 heteroatoms. The number of hydrogen-bond acceptors (Lipinski definition) is 3. The summed E-state index contributed by atoms with van der Waals surface area (Å²) in [7, 11) is -3.64. The Hall–Kier alpha value is -1.60. The van der Waals surface area contributed by atoms with Crippen molar-refractivity contribution in [3.8, 4) is 0 Å². The van der Waals surface area contributed by atoms with Crippen LogP contribution in [-0.4, -0.2) is 26.8 Å². The van der Waals surface area contributed by atoms with E-state index in [1.807, 2.05) is 6.07 Å². The molecule has 0 amide bonds. The van der Waals surface area contributed by atoms with E-state index >= 15 is 0 Å². The van der Waals surface area contributed by atoms with Gasteiger partial charge in [-0.25, -0.2) is 0 Å². The van der Waals surface area contributed by atoms with E-state index in [9.17, 15) is 8.42 Å². The third-order valence-electron chi connectivity index (χ3n) is 2.30. The molecule has 0 bridgehead atoms. The fourth-order valence-electron chi connectivity index (χ4n) is 1.57. The predicted octanol–water partition coefficient (Wildman–Crippen LogP) is 1.06. The van der Waals surface area contributed by atoms with Crippen molar-refractivity contribution < 1.29 is 8.42 Å². The topological polar surface area (TPSA) is 99.3 Å². The number of benzene rings is 1. The Morgan fingerprint density at radius 1 is 1.37 bits per heavy atom. The molecule has 0 aliphatic carbocycles. The van der Waals surface area contributed by atoms with E-state index in [-0.39, 0.29) is 24.8 Å². The van der Waals surface area contributed by atoms with Crippen molar-refractivity contribution in [3.63, 3.8) is 0 Å². The van der Waals surface area contributed by atoms with Gasteiger partial charge in [0.1, 0.15) is 0 Å². The Morgan fingerprint density at radius 2 is 1.95 bits per heavy atom. The molecule has 0 aliphatic heterocycles. The van der Waals surface area contributed by atoms with E-state index in [1.54, 1.807) is 38.1 Å². The summed E-state index contributed by atoms with van der Waals surface area (Å²) >= 11 is 0. The normalized spacial score (nSPS) is 11.5. The predicted molar refractivity (Wildman–Crippen MR) is 77.5 cm³/mol. The molecule has 0 saturated heterocycles. The number of anilines is 1. The maximum absolute atomic E-state index is 12.3. The summed E-state index contributed by atoms with van der Waals surface area (Å²) in [6, 6.07) is 8.56. The number of nitrogens with two attached hydrogens (primary N) is 1. The van der Waals surface area contributed by atoms with Crippen LogP contribution in [0, 0.1) is 5.41 Å². The Bertz CT molecular complexity index is 514. The van der Waals surface area contributed by atoms with Gasteiger partial charge in [-0.15, -0.1) is 0 Å². The van der Waals surface area contributed by atoms with Gasteiger partial charge in [0.15, 0.2) is 0 Å². The SMILES string of the molecule is CC(C)NS(=O)(=O)N(CCC(=N)N)c1ccccc1. The van der Waals surface area contributed by atoms with Crippen molar-refractivity contribution in [1.29, 1.82) is 5.41 Å². The van der Waals surface area contributed by atoms with Gasteiger partial charge in [-0.3, -0.25) is 9.71 Å². The van der Waals surface area contributed by atoms with Gasteiger partial charge in [-0.2, -0.15) is 13.1 Å². The zero-order valence-corrected chi connectivity index (χ0v) is 11.9. The molecular formula is C12H20N4O2S. The zero-order valence-electron chi connectivity index (χ0n) is 11.1. The van der Waals surface area contributed by atoms with Crippen molar-refractivity contribution >= 4 is 21.7 Å². The lowest BCUT2D eigenvalue weighted by molar-refractivity contribution is 0.565. The fourth-order valence-corrected chi connectivity index (χ4v) is 3.02. The van der Waals surface area contributed by atoms with E-state index < -0.39 is 10.2 Å². The molecule has 0 aromatic heterocycles. The smallest absolute Gasteiger partial charge is 0.301 e. The van der Waals surface area contributed by atoms with Crippen molar-refractivity contribution in [3.05, 3.63) is 30.3 Å². The third kappa shape index (κ3) is 4.88. The number of nitrogens with one attached hydrogen (secondary N) is 2. The van der Waals surface area contributed by atoms with Crippen LogP contribution >= 0.6 is 0 Å². The molecule has 0 atom stereocenters. The quantitative estimate of drug-likeness (QED) is 0.515. The van der Waals surface area contributed by atoms with Gasteiger partial charge in [0.05, 0.1) is 11.5 Å². The lowest BCUT2D eigenvalue weighted by Crippen LogP contribution is -2.44. The highest BCUT2D eigenvalue weighted by molar-refractivity contribution is 7.90. The van der Waals surface area contributed by atoms with Crippen LogP contribution in [0.4, 0.5) is 5.69 Å². The van der Waals surface area contributed by atoms with E-state index in [4.69, 9.17) is 11.1 Å². The standard InChI is InChI=1S/C12H20N4O2S/c1-10(2)15-19(17,18)16(9-8-12(13)14)11-6-4-3-5-7-11/h3-7,10,15H,8-9H2,1-2H3,(H3,13,14). The minimum Gasteiger partial charge on any atom is -0.388 e. The summed E-state index contributed by atoms with van der Waals surface area (Å²) in [6.07, 6.45) is 0.188. The highest BCUT2D eigenvalue weighted by Gasteiger charge is 2.22. The van der Waals surface area contributed by atoms with Gasteiger partial charge in [0.2, 0.25) is 0 Å². The van der Waals surface area contributed by atoms with Gasteiger partial charge in [0.25, 0.3) is 0 Å². The van der Waals surface area contributed by atoms with E-state index in [0.717, 1.165) is 0 Å². The molecule has 1 aromatic rings. The summed E-state index contributed by atoms with van der Waals surface area (Å²) in [6.45, 7) is 3.65. The molecule has 0 aliphatic rings. The molecule has 0 unspecified atom stereocenters. The molecule has 4 N–H and O–H groups in total. The average molecular weight is 284 g/mol. The monoisotopic (exact) mass is 284 g/mol. The number of hydrogen-bond donors (Lipinski definition) is 3. The van der Waals surface area contributed by atoms with E-state index in [1.165, 1.54) is 4.31 Å². The van der Waals surface area contributed by atoms with E-state index in [0.29, 0.717) is 5.69 Å². The molecule has 1 aromatic carbocycles. The Balaban J connectivity index is 3.02. The first-order valence-electron chi connectivity index (χ1n) is 6.01. The fraction of sp³-hybridized carbons (Fsp3) is 0.417. The molecular weight excluding hydrogens is 264 g/mol. The Labute approximate surface area is 114 Å². The van der Waals surface area contributed by atoms with Gasteiger partial charge in [-0.1, -0.05) is 18.2 Å². The minimum absolute atomic E-state index is 0.0410. The molecule has 19 heavy (non-hydrogen) atoms. The Morgan fingerprint density at radius 3 is 2.42 bits per heavy atom. The summed E-state index contributed by atoms with van der Waals surface area (Å²) in [4.78, 5) is 0. The largest absolute Gasteiger partial charge is 0.388 e. The highest BCUT2D eigenvalue weighted by Crippen LogP contribution is 2.17. The van der Waals surface area contributed by atoms with E-state index in [2.05, 4.69) is 4.72 Å². The second kappa shape index (κ2) is 6.53. The van der Waals surface area contributed by atoms with Crippen LogP contribution in [-0.2, 0) is 10.2 Å². The molecule has 0 heterocycles. The van der Waals surface area contributed by atoms with Gasteiger partial charge in [0, 0.05) is 19.0 Å². The van der Waals surface area contributed by atoms with Crippen LogP contribution in [0.2, 0.25) is 0 Å². The first-order valence-corrected chi connectivity index (χ1v) is 7.45. The van der Waals surface area contributed by atoms with Gasteiger partial charge >= 0.3 is 10.2 Å². The second-order valence-electron chi connectivity index (χ2n) is 4.46. The summed E-state index contributed by atoms with van der Waals surface area (Å²) < 4.78 is 28.3. The maximum atomic E-state index is 12.3. The third-order valence-corrected chi connectivity index (χ3v) is 4.05. The summed E-state index contributed by atoms with van der Waals surface area (Å²) in [5.41, 5.74) is 5.86. The molecule has 6 nitrogen and oxygen atoms in total. The van der Waals surface area contributed by atoms with Crippen LogP contribution in [0.25, 0.3) is 0 Å². The van der Waals surface area contributed by atoms with Crippen molar-refractivity contribution in [1.82, 2.24) is 4.72 Å². The van der Waals surface area contributed by atoms with Crippen molar-refractivity contribution in [2.45, 2.75) is 26.3 Å². The molecule has 1 rings (SSSR count). The van der Waals surface area contributed by atoms with Crippen LogP contribution in [0.5, 0.6) is 0 Å². The molecule has 0 saturated carbocycles. The molecule has 0 spiro atoms. The summed E-state index contributed by atoms with van der Waals surface area (Å²) in [5, 5.41) is 7.23. The average Bonchev–Trinajstić information content (AvgIpc) is 2.28. The first-order chi connectivity index (χ1) is 8.83. The summed E-state index contributed by atoms with van der Waals surface area (Å²) in [5.74, 6) is -0.0410. The van der Waals surface area contributed by atoms with Crippen LogP contribution < -0.4 is 14.8 Å². The van der Waals surface area contributed by atoms with Gasteiger partial charge in [-0.05, 0) is 26.0 Å². The maximum Gasteiger partial charge on any atom is 0.301 e. The van der Waals surface area contributed by atoms with Crippen molar-refractivity contribution in [2.75, 3.05) is 10.8 Å². The second-order valence-corrected chi connectivity index (χ2v) is 6.09. The number of rotatable bonds is 7. The molecule has 0 fully saturated rings. The van der Waals surface area contributed by atoms with Gasteiger partial charge < -0.3 is 5.73 Å². The van der Waals surface area contributed by atoms with Crippen LogP contribution in [0.15, 0.2) is 30.3 Å². The number of amidine groups is 1. The molecule has 0 radical (unpaired) electrons. The first kappa shape index (κ1) is 15.5. The van der Waals surface area contributed by atoms with Crippen LogP contribution in [0.3, 0.4) is 0 Å². The van der Waals surface area contributed by atoms with Crippen LogP contribution in [0.1, 0.15) is 20.3 Å².